The van der Waals surface area contributed by atoms with E-state index in [2.05, 4.69) is 72.7 Å². The number of ether oxygens (including phenoxy) is 4. The Bertz CT molecular complexity index is 845. The largest absolute Gasteiger partial charge is 0.547 e. The van der Waals surface area contributed by atoms with Gasteiger partial charge in [-0.1, -0.05) is 47.0 Å². The summed E-state index contributed by atoms with van der Waals surface area (Å²) in [6.45, 7) is 26.5. The van der Waals surface area contributed by atoms with Gasteiger partial charge in [0, 0.05) is 33.1 Å². The minimum absolute atomic E-state index is 0.0638. The number of fused-ring (bicyclic) bond motifs is 3. The molecular formula is C30H56O6Si2. The Labute approximate surface area is 234 Å². The molecule has 3 aliphatic rings. The zero-order valence-corrected chi connectivity index (χ0v) is 27.9. The average molecular weight is 569 g/mol. The molecule has 0 amide bonds. The van der Waals surface area contributed by atoms with Crippen molar-refractivity contribution in [2.45, 2.75) is 110 Å². The third-order valence-electron chi connectivity index (χ3n) is 9.35. The number of hydrogen-bond donors (Lipinski definition) is 1. The topological polar surface area (TPSA) is 66.4 Å². The summed E-state index contributed by atoms with van der Waals surface area (Å²) in [7, 11) is -1.34. The van der Waals surface area contributed by atoms with E-state index in [0.717, 1.165) is 43.1 Å². The van der Waals surface area contributed by atoms with Gasteiger partial charge in [0.25, 0.3) is 0 Å². The Hall–Kier alpha value is -0.486. The van der Waals surface area contributed by atoms with Crippen molar-refractivity contribution < 1.29 is 28.5 Å². The fourth-order valence-electron chi connectivity index (χ4n) is 7.02. The van der Waals surface area contributed by atoms with E-state index in [1.54, 1.807) is 7.11 Å². The van der Waals surface area contributed by atoms with Crippen LogP contribution < -0.4 is 0 Å². The molecule has 2 bridgehead atoms. The molecule has 0 aliphatic heterocycles. The number of hydrogen-bond acceptors (Lipinski definition) is 6. The van der Waals surface area contributed by atoms with Crippen LogP contribution in [-0.2, 0) is 23.4 Å². The molecule has 2 unspecified atom stereocenters. The quantitative estimate of drug-likeness (QED) is 0.128. The molecule has 1 N–H and O–H groups in total. The van der Waals surface area contributed by atoms with Crippen LogP contribution >= 0.6 is 0 Å². The standard InChI is InChI=1S/C30H56O6Si2/c1-21-23-18-24-26(36-38(9,10)11)13-12-22(29(24,2)3)27(31)28(35-20-33-16-17-37(6,7)8)30(23,4)15-14-25(21)34-19-32-5/h13,22-25,27-28,31H,1,12,14-20H2,2-11H3/t22?,23-,24?,25+,27-,28+,30-/m1/s1. The minimum atomic E-state index is -1.80. The van der Waals surface area contributed by atoms with Crippen molar-refractivity contribution >= 4 is 16.4 Å². The lowest BCUT2D eigenvalue weighted by Crippen LogP contribution is -2.60. The predicted octanol–water partition coefficient (Wildman–Crippen LogP) is 6.81. The molecule has 0 spiro atoms. The Morgan fingerprint density at radius 1 is 1.03 bits per heavy atom. The number of rotatable bonds is 11. The summed E-state index contributed by atoms with van der Waals surface area (Å²) in [4.78, 5) is 0. The van der Waals surface area contributed by atoms with E-state index in [1.165, 1.54) is 0 Å². The second-order valence-corrected chi connectivity index (χ2v) is 25.0. The van der Waals surface area contributed by atoms with Gasteiger partial charge in [-0.15, -0.1) is 0 Å². The van der Waals surface area contributed by atoms with Crippen LogP contribution in [0.2, 0.25) is 45.3 Å². The van der Waals surface area contributed by atoms with Crippen LogP contribution in [0.4, 0.5) is 0 Å². The summed E-state index contributed by atoms with van der Waals surface area (Å²) in [5.74, 6) is 1.49. The van der Waals surface area contributed by atoms with E-state index in [1.807, 2.05) is 0 Å². The highest BCUT2D eigenvalue weighted by molar-refractivity contribution is 6.76. The molecule has 38 heavy (non-hydrogen) atoms. The van der Waals surface area contributed by atoms with Crippen LogP contribution in [0.3, 0.4) is 0 Å². The van der Waals surface area contributed by atoms with Crippen molar-refractivity contribution in [2.24, 2.45) is 28.6 Å². The maximum Gasteiger partial charge on any atom is 0.241 e. The molecule has 6 nitrogen and oxygen atoms in total. The zero-order chi connectivity index (χ0) is 28.5. The Balaban J connectivity index is 1.97. The van der Waals surface area contributed by atoms with Gasteiger partial charge in [0.15, 0.2) is 0 Å². The first-order chi connectivity index (χ1) is 17.5. The van der Waals surface area contributed by atoms with Gasteiger partial charge < -0.3 is 28.5 Å². The highest BCUT2D eigenvalue weighted by Gasteiger charge is 2.59. The third-order valence-corrected chi connectivity index (χ3v) is 11.9. The van der Waals surface area contributed by atoms with Crippen LogP contribution in [-0.4, -0.2) is 67.1 Å². The lowest BCUT2D eigenvalue weighted by molar-refractivity contribution is -0.215. The molecular weight excluding hydrogens is 512 g/mol. The van der Waals surface area contributed by atoms with E-state index in [9.17, 15) is 5.11 Å². The Kier molecular flexibility index (Phi) is 10.3. The monoisotopic (exact) mass is 568 g/mol. The molecule has 8 heteroatoms. The van der Waals surface area contributed by atoms with Gasteiger partial charge in [-0.3, -0.25) is 0 Å². The fourth-order valence-corrected chi connectivity index (χ4v) is 8.71. The van der Waals surface area contributed by atoms with Crippen molar-refractivity contribution in [3.05, 3.63) is 24.0 Å². The van der Waals surface area contributed by atoms with Crippen molar-refractivity contribution in [1.29, 1.82) is 0 Å². The van der Waals surface area contributed by atoms with E-state index in [-0.39, 0.29) is 54.4 Å². The van der Waals surface area contributed by atoms with E-state index in [0.29, 0.717) is 6.61 Å². The highest BCUT2D eigenvalue weighted by Crippen LogP contribution is 2.60. The molecule has 3 aliphatic carbocycles. The van der Waals surface area contributed by atoms with Crippen LogP contribution in [0.5, 0.6) is 0 Å². The molecule has 7 atom stereocenters. The molecule has 0 saturated heterocycles. The SMILES string of the molecule is C=C1[C@@H](OCOC)CC[C@]2(C)[C@@H]1CC1C(O[Si](C)(C)C)=CCC([C@@H](O)[C@@H]2OCOCC[Si](C)(C)C)C1(C)C. The summed E-state index contributed by atoms with van der Waals surface area (Å²) in [6, 6.07) is 1.10. The molecule has 220 valence electrons. The molecule has 2 saturated carbocycles. The van der Waals surface area contributed by atoms with E-state index >= 15 is 0 Å². The van der Waals surface area contributed by atoms with Gasteiger partial charge in [-0.2, -0.15) is 0 Å². The smallest absolute Gasteiger partial charge is 0.241 e. The number of aliphatic hydroxyl groups is 1. The van der Waals surface area contributed by atoms with Gasteiger partial charge in [0.1, 0.15) is 13.6 Å². The number of allylic oxidation sites excluding steroid dienone is 2. The normalized spacial score (nSPS) is 35.7. The number of methoxy groups -OCH3 is 1. The van der Waals surface area contributed by atoms with Crippen LogP contribution in [0, 0.1) is 28.6 Å². The van der Waals surface area contributed by atoms with Crippen molar-refractivity contribution in [3.8, 4) is 0 Å². The van der Waals surface area contributed by atoms with Crippen molar-refractivity contribution in [3.63, 3.8) is 0 Å². The van der Waals surface area contributed by atoms with Gasteiger partial charge >= 0.3 is 0 Å². The van der Waals surface area contributed by atoms with E-state index in [4.69, 9.17) is 23.4 Å². The van der Waals surface area contributed by atoms with Gasteiger partial charge in [0.05, 0.1) is 24.1 Å². The van der Waals surface area contributed by atoms with Crippen LogP contribution in [0.25, 0.3) is 0 Å². The minimum Gasteiger partial charge on any atom is -0.547 e. The first-order valence-corrected chi connectivity index (χ1v) is 21.7. The summed E-state index contributed by atoms with van der Waals surface area (Å²) < 4.78 is 30.6. The summed E-state index contributed by atoms with van der Waals surface area (Å²) >= 11 is 0. The first kappa shape index (κ1) is 32.0. The lowest BCUT2D eigenvalue weighted by Gasteiger charge is -2.59. The first-order valence-electron chi connectivity index (χ1n) is 14.6. The van der Waals surface area contributed by atoms with Gasteiger partial charge in [-0.25, -0.2) is 0 Å². The number of aliphatic hydroxyl groups excluding tert-OH is 1. The second-order valence-electron chi connectivity index (χ2n) is 14.9. The van der Waals surface area contributed by atoms with Gasteiger partial charge in [-0.05, 0) is 80.3 Å². The Morgan fingerprint density at radius 3 is 2.32 bits per heavy atom. The van der Waals surface area contributed by atoms with E-state index < -0.39 is 22.5 Å². The second kappa shape index (κ2) is 12.2. The van der Waals surface area contributed by atoms with Crippen molar-refractivity contribution in [2.75, 3.05) is 27.3 Å². The third kappa shape index (κ3) is 7.23. The molecule has 0 aromatic carbocycles. The molecule has 0 heterocycles. The Morgan fingerprint density at radius 2 is 1.71 bits per heavy atom. The van der Waals surface area contributed by atoms with Gasteiger partial charge in [0.2, 0.25) is 8.32 Å². The predicted molar refractivity (Wildman–Crippen MR) is 159 cm³/mol. The molecule has 0 aromatic rings. The summed E-state index contributed by atoms with van der Waals surface area (Å²) in [5.41, 5.74) is 0.634. The molecule has 0 radical (unpaired) electrons. The maximum absolute atomic E-state index is 12.1. The van der Waals surface area contributed by atoms with Crippen LogP contribution in [0.1, 0.15) is 46.5 Å². The lowest BCUT2D eigenvalue weighted by atomic mass is 9.50. The maximum atomic E-state index is 12.1. The molecule has 0 aromatic heterocycles. The average Bonchev–Trinajstić information content (AvgIpc) is 2.77. The summed E-state index contributed by atoms with van der Waals surface area (Å²) in [5, 5.41) is 12.1. The fraction of sp³-hybridized carbons (Fsp3) is 0.867. The highest BCUT2D eigenvalue weighted by atomic mass is 28.4. The zero-order valence-electron chi connectivity index (χ0n) is 25.9. The molecule has 3 rings (SSSR count). The van der Waals surface area contributed by atoms with Crippen LogP contribution in [0.15, 0.2) is 24.0 Å². The summed E-state index contributed by atoms with van der Waals surface area (Å²) in [6.07, 6.45) is 4.66. The van der Waals surface area contributed by atoms with Crippen molar-refractivity contribution in [1.82, 2.24) is 0 Å². The molecule has 2 fully saturated rings.